The highest BCUT2D eigenvalue weighted by atomic mass is 32.2. The second-order valence-corrected chi connectivity index (χ2v) is 5.73. The Labute approximate surface area is 143 Å². The predicted molar refractivity (Wildman–Crippen MR) is 96.0 cm³/mol. The van der Waals surface area contributed by atoms with E-state index in [2.05, 4.69) is 10.3 Å². The maximum absolute atomic E-state index is 12.8. The van der Waals surface area contributed by atoms with E-state index in [4.69, 9.17) is 0 Å². The number of nitrogens with zero attached hydrogens (tertiary/aromatic N) is 2. The van der Waals surface area contributed by atoms with Crippen molar-refractivity contribution >= 4 is 23.4 Å². The van der Waals surface area contributed by atoms with Crippen molar-refractivity contribution in [2.45, 2.75) is 5.16 Å². The van der Waals surface area contributed by atoms with E-state index in [9.17, 15) is 9.59 Å². The maximum Gasteiger partial charge on any atom is 0.282 e. The molecule has 6 heteroatoms. The number of hydrogen-bond acceptors (Lipinski definition) is 4. The third-order valence-corrected chi connectivity index (χ3v) is 4.06. The predicted octanol–water partition coefficient (Wildman–Crippen LogP) is 3.21. The van der Waals surface area contributed by atoms with Gasteiger partial charge in [-0.2, -0.15) is 0 Å². The van der Waals surface area contributed by atoms with Crippen molar-refractivity contribution in [3.05, 3.63) is 82.8 Å². The largest absolute Gasteiger partial charge is 0.316 e. The van der Waals surface area contributed by atoms with Crippen LogP contribution in [-0.2, 0) is 0 Å². The first-order valence-corrected chi connectivity index (χ1v) is 8.51. The average molecular weight is 337 g/mol. The third kappa shape index (κ3) is 3.23. The minimum absolute atomic E-state index is 0.144. The van der Waals surface area contributed by atoms with E-state index >= 15 is 0 Å². The minimum atomic E-state index is -0.342. The molecule has 0 unspecified atom stereocenters. The molecule has 0 saturated carbocycles. The van der Waals surface area contributed by atoms with Crippen LogP contribution in [-0.4, -0.2) is 21.7 Å². The molecule has 24 heavy (non-hydrogen) atoms. The lowest BCUT2D eigenvalue weighted by Gasteiger charge is -2.12. The molecule has 3 rings (SSSR count). The van der Waals surface area contributed by atoms with Crippen molar-refractivity contribution in [1.29, 1.82) is 0 Å². The van der Waals surface area contributed by atoms with Gasteiger partial charge in [0.2, 0.25) is 0 Å². The van der Waals surface area contributed by atoms with Crippen LogP contribution in [0, 0.1) is 0 Å². The van der Waals surface area contributed by atoms with Crippen LogP contribution in [0.5, 0.6) is 0 Å². The highest BCUT2D eigenvalue weighted by molar-refractivity contribution is 7.98. The van der Waals surface area contributed by atoms with Gasteiger partial charge in [-0.1, -0.05) is 48.2 Å². The monoisotopic (exact) mass is 337 g/mol. The number of para-hydroxylation sites is 1. The van der Waals surface area contributed by atoms with Crippen LogP contribution in [0.15, 0.2) is 76.8 Å². The lowest BCUT2D eigenvalue weighted by Crippen LogP contribution is -2.26. The van der Waals surface area contributed by atoms with E-state index in [1.165, 1.54) is 22.5 Å². The Hall–Kier alpha value is -2.86. The van der Waals surface area contributed by atoms with Gasteiger partial charge in [0.15, 0.2) is 5.16 Å². The fraction of sp³-hybridized carbons (Fsp3) is 0.0556. The number of amides is 1. The summed E-state index contributed by atoms with van der Waals surface area (Å²) in [6.07, 6.45) is 3.25. The highest BCUT2D eigenvalue weighted by Gasteiger charge is 2.14. The molecule has 0 bridgehead atoms. The molecule has 0 radical (unpaired) electrons. The van der Waals surface area contributed by atoms with Crippen LogP contribution < -0.4 is 10.9 Å². The molecule has 1 N–H and O–H groups in total. The summed E-state index contributed by atoms with van der Waals surface area (Å²) >= 11 is 1.37. The van der Waals surface area contributed by atoms with Crippen molar-refractivity contribution in [3.63, 3.8) is 0 Å². The quantitative estimate of drug-likeness (QED) is 0.586. The Morgan fingerprint density at radius 1 is 1.04 bits per heavy atom. The standard InChI is InChI=1S/C18H15N3O2S/c1-24-18-19-12-15(20-16(22)13-8-4-2-5-9-13)17(23)21(18)14-10-6-3-7-11-14/h2-12H,1H3,(H,20,22). The smallest absolute Gasteiger partial charge is 0.282 e. The molecule has 0 atom stereocenters. The normalized spacial score (nSPS) is 10.4. The first kappa shape index (κ1) is 16.0. The Kier molecular flexibility index (Phi) is 4.77. The SMILES string of the molecule is CSc1ncc(NC(=O)c2ccccc2)c(=O)n1-c1ccccc1. The molecule has 0 spiro atoms. The molecule has 0 aliphatic heterocycles. The summed E-state index contributed by atoms with van der Waals surface area (Å²) in [5.74, 6) is -0.342. The van der Waals surface area contributed by atoms with Gasteiger partial charge in [0.1, 0.15) is 5.69 Å². The van der Waals surface area contributed by atoms with Crippen LogP contribution in [0.4, 0.5) is 5.69 Å². The number of carbonyl (C=O) groups is 1. The number of thioether (sulfide) groups is 1. The summed E-state index contributed by atoms with van der Waals surface area (Å²) in [5.41, 5.74) is 1.02. The van der Waals surface area contributed by atoms with Gasteiger partial charge in [-0.3, -0.25) is 14.2 Å². The Morgan fingerprint density at radius 3 is 2.29 bits per heavy atom. The van der Waals surface area contributed by atoms with Gasteiger partial charge in [0.05, 0.1) is 11.9 Å². The topological polar surface area (TPSA) is 64.0 Å². The van der Waals surface area contributed by atoms with Crippen molar-refractivity contribution < 1.29 is 4.79 Å². The molecule has 1 aromatic heterocycles. The molecule has 2 aromatic carbocycles. The molecule has 0 aliphatic rings. The molecule has 120 valence electrons. The molecule has 0 saturated heterocycles. The molecule has 0 fully saturated rings. The van der Waals surface area contributed by atoms with Crippen molar-refractivity contribution in [1.82, 2.24) is 9.55 Å². The van der Waals surface area contributed by atoms with E-state index in [1.54, 1.807) is 24.3 Å². The third-order valence-electron chi connectivity index (χ3n) is 3.41. The van der Waals surface area contributed by atoms with Crippen LogP contribution in [0.2, 0.25) is 0 Å². The maximum atomic E-state index is 12.8. The van der Waals surface area contributed by atoms with Gasteiger partial charge in [0, 0.05) is 5.56 Å². The van der Waals surface area contributed by atoms with Gasteiger partial charge >= 0.3 is 0 Å². The van der Waals surface area contributed by atoms with Gasteiger partial charge in [-0.15, -0.1) is 0 Å². The molecule has 1 amide bonds. The zero-order valence-corrected chi connectivity index (χ0v) is 13.8. The first-order valence-electron chi connectivity index (χ1n) is 7.28. The van der Waals surface area contributed by atoms with Gasteiger partial charge < -0.3 is 5.32 Å². The van der Waals surface area contributed by atoms with Crippen LogP contribution in [0.1, 0.15) is 10.4 Å². The number of rotatable bonds is 4. The number of aromatic nitrogens is 2. The summed E-state index contributed by atoms with van der Waals surface area (Å²) in [6, 6.07) is 18.0. The van der Waals surface area contributed by atoms with Crippen LogP contribution >= 0.6 is 11.8 Å². The molecule has 0 aliphatic carbocycles. The Bertz CT molecular complexity index is 909. The van der Waals surface area contributed by atoms with Gasteiger partial charge in [-0.25, -0.2) is 4.98 Å². The van der Waals surface area contributed by atoms with E-state index in [-0.39, 0.29) is 17.2 Å². The summed E-state index contributed by atoms with van der Waals surface area (Å²) in [5, 5.41) is 3.20. The van der Waals surface area contributed by atoms with Crippen molar-refractivity contribution in [2.75, 3.05) is 11.6 Å². The molecular weight excluding hydrogens is 322 g/mol. The summed E-state index contributed by atoms with van der Waals surface area (Å²) in [7, 11) is 0. The molecule has 5 nitrogen and oxygen atoms in total. The number of nitrogens with one attached hydrogen (secondary N) is 1. The Morgan fingerprint density at radius 2 is 1.67 bits per heavy atom. The van der Waals surface area contributed by atoms with E-state index in [1.807, 2.05) is 42.7 Å². The number of anilines is 1. The van der Waals surface area contributed by atoms with Crippen molar-refractivity contribution in [3.8, 4) is 5.69 Å². The van der Waals surface area contributed by atoms with E-state index in [0.29, 0.717) is 16.4 Å². The minimum Gasteiger partial charge on any atom is -0.316 e. The first-order chi connectivity index (χ1) is 11.7. The summed E-state index contributed by atoms with van der Waals surface area (Å²) in [4.78, 5) is 29.4. The molecular formula is C18H15N3O2S. The van der Waals surface area contributed by atoms with Gasteiger partial charge in [-0.05, 0) is 30.5 Å². The lowest BCUT2D eigenvalue weighted by atomic mass is 10.2. The van der Waals surface area contributed by atoms with Crippen molar-refractivity contribution in [2.24, 2.45) is 0 Å². The zero-order valence-electron chi connectivity index (χ0n) is 13.0. The van der Waals surface area contributed by atoms with Crippen LogP contribution in [0.25, 0.3) is 5.69 Å². The number of hydrogen-bond donors (Lipinski definition) is 1. The second-order valence-electron chi connectivity index (χ2n) is 4.95. The lowest BCUT2D eigenvalue weighted by molar-refractivity contribution is 0.102. The number of benzene rings is 2. The van der Waals surface area contributed by atoms with Gasteiger partial charge in [0.25, 0.3) is 11.5 Å². The van der Waals surface area contributed by atoms with E-state index in [0.717, 1.165) is 0 Å². The summed E-state index contributed by atoms with van der Waals surface area (Å²) < 4.78 is 1.49. The Balaban J connectivity index is 2.02. The highest BCUT2D eigenvalue weighted by Crippen LogP contribution is 2.16. The molecule has 3 aromatic rings. The fourth-order valence-electron chi connectivity index (χ4n) is 2.26. The average Bonchev–Trinajstić information content (AvgIpc) is 2.64. The number of carbonyl (C=O) groups excluding carboxylic acids is 1. The van der Waals surface area contributed by atoms with E-state index < -0.39 is 0 Å². The summed E-state index contributed by atoms with van der Waals surface area (Å²) in [6.45, 7) is 0. The van der Waals surface area contributed by atoms with Crippen LogP contribution in [0.3, 0.4) is 0 Å². The molecule has 1 heterocycles. The second kappa shape index (κ2) is 7.14. The zero-order chi connectivity index (χ0) is 16.9. The fourth-order valence-corrected chi connectivity index (χ4v) is 2.79.